The zero-order valence-electron chi connectivity index (χ0n) is 14.2. The second kappa shape index (κ2) is 8.48. The molecule has 0 saturated carbocycles. The van der Waals surface area contributed by atoms with Crippen LogP contribution in [0.25, 0.3) is 0 Å². The fourth-order valence-electron chi connectivity index (χ4n) is 2.69. The normalized spacial score (nSPS) is 18.0. The molecule has 0 spiro atoms. The van der Waals surface area contributed by atoms with Gasteiger partial charge in [-0.15, -0.1) is 11.3 Å². The lowest BCUT2D eigenvalue weighted by molar-refractivity contribution is 0.167. The van der Waals surface area contributed by atoms with Gasteiger partial charge in [-0.25, -0.2) is 9.98 Å². The summed E-state index contributed by atoms with van der Waals surface area (Å²) in [5.41, 5.74) is 0. The summed E-state index contributed by atoms with van der Waals surface area (Å²) in [7, 11) is 0. The maximum absolute atomic E-state index is 4.67. The van der Waals surface area contributed by atoms with E-state index in [-0.39, 0.29) is 0 Å². The molecule has 1 aliphatic rings. The molecule has 0 unspecified atom stereocenters. The summed E-state index contributed by atoms with van der Waals surface area (Å²) in [4.78, 5) is 12.8. The minimum atomic E-state index is 0.519. The van der Waals surface area contributed by atoms with Crippen molar-refractivity contribution in [2.75, 3.05) is 19.6 Å². The third-order valence-electron chi connectivity index (χ3n) is 3.99. The van der Waals surface area contributed by atoms with Crippen molar-refractivity contribution >= 4 is 17.3 Å². The topological polar surface area (TPSA) is 52.6 Å². The maximum Gasteiger partial charge on any atom is 0.191 e. The standard InChI is InChI=1S/C16H29N5S/c1-5-17-16(19-11-15-18-10-13(4)22-15)20-14-6-8-21(9-7-14)12(2)3/h10,12,14H,5-9,11H2,1-4H3,(H2,17,19,20). The van der Waals surface area contributed by atoms with Gasteiger partial charge in [0.15, 0.2) is 5.96 Å². The molecular weight excluding hydrogens is 294 g/mol. The molecule has 5 nitrogen and oxygen atoms in total. The molecular formula is C16H29N5S. The highest BCUT2D eigenvalue weighted by atomic mass is 32.1. The maximum atomic E-state index is 4.67. The molecule has 0 bridgehead atoms. The molecule has 2 heterocycles. The summed E-state index contributed by atoms with van der Waals surface area (Å²) in [6.07, 6.45) is 4.27. The largest absolute Gasteiger partial charge is 0.357 e. The fourth-order valence-corrected chi connectivity index (χ4v) is 3.41. The van der Waals surface area contributed by atoms with Gasteiger partial charge in [0.2, 0.25) is 0 Å². The molecule has 1 fully saturated rings. The lowest BCUT2D eigenvalue weighted by Gasteiger charge is -2.35. The van der Waals surface area contributed by atoms with Gasteiger partial charge in [0.1, 0.15) is 5.01 Å². The van der Waals surface area contributed by atoms with Crippen LogP contribution in [-0.2, 0) is 6.54 Å². The number of nitrogens with one attached hydrogen (secondary N) is 2. The molecule has 22 heavy (non-hydrogen) atoms. The molecule has 0 aromatic carbocycles. The molecule has 1 aliphatic heterocycles. The zero-order valence-corrected chi connectivity index (χ0v) is 15.0. The van der Waals surface area contributed by atoms with Crippen molar-refractivity contribution in [1.82, 2.24) is 20.5 Å². The number of aliphatic imine (C=N–C) groups is 1. The number of aryl methyl sites for hydroxylation is 1. The molecule has 0 radical (unpaired) electrons. The van der Waals surface area contributed by atoms with Gasteiger partial charge in [-0.3, -0.25) is 0 Å². The van der Waals surface area contributed by atoms with Gasteiger partial charge in [-0.05, 0) is 40.5 Å². The summed E-state index contributed by atoms with van der Waals surface area (Å²) in [5, 5.41) is 8.00. The van der Waals surface area contributed by atoms with E-state index < -0.39 is 0 Å². The van der Waals surface area contributed by atoms with Gasteiger partial charge in [-0.2, -0.15) is 0 Å². The highest BCUT2D eigenvalue weighted by molar-refractivity contribution is 7.11. The minimum absolute atomic E-state index is 0.519. The summed E-state index contributed by atoms with van der Waals surface area (Å²) in [5.74, 6) is 0.915. The first kappa shape index (κ1) is 17.2. The van der Waals surface area contributed by atoms with E-state index in [2.05, 4.69) is 53.2 Å². The van der Waals surface area contributed by atoms with Crippen LogP contribution < -0.4 is 10.6 Å². The van der Waals surface area contributed by atoms with Crippen LogP contribution in [0.2, 0.25) is 0 Å². The molecule has 0 atom stereocenters. The van der Waals surface area contributed by atoms with Crippen LogP contribution in [0.5, 0.6) is 0 Å². The van der Waals surface area contributed by atoms with Crippen LogP contribution in [0.4, 0.5) is 0 Å². The van der Waals surface area contributed by atoms with E-state index in [1.165, 1.54) is 30.8 Å². The average molecular weight is 324 g/mol. The third-order valence-corrected chi connectivity index (χ3v) is 4.88. The molecule has 2 N–H and O–H groups in total. The van der Waals surface area contributed by atoms with Crippen molar-refractivity contribution in [3.8, 4) is 0 Å². The van der Waals surface area contributed by atoms with Crippen molar-refractivity contribution in [1.29, 1.82) is 0 Å². The van der Waals surface area contributed by atoms with Crippen molar-refractivity contribution in [2.45, 2.75) is 59.2 Å². The van der Waals surface area contributed by atoms with Crippen molar-refractivity contribution in [2.24, 2.45) is 4.99 Å². The van der Waals surface area contributed by atoms with Crippen LogP contribution in [0.3, 0.4) is 0 Å². The van der Waals surface area contributed by atoms with Crippen molar-refractivity contribution in [3.63, 3.8) is 0 Å². The van der Waals surface area contributed by atoms with E-state index in [9.17, 15) is 0 Å². The van der Waals surface area contributed by atoms with Crippen molar-refractivity contribution < 1.29 is 0 Å². The molecule has 124 valence electrons. The molecule has 1 aromatic rings. The smallest absolute Gasteiger partial charge is 0.191 e. The number of guanidine groups is 1. The van der Waals surface area contributed by atoms with E-state index in [1.54, 1.807) is 11.3 Å². The number of thiazole rings is 1. The molecule has 1 aromatic heterocycles. The van der Waals surface area contributed by atoms with E-state index in [0.29, 0.717) is 18.6 Å². The first-order chi connectivity index (χ1) is 10.6. The summed E-state index contributed by atoms with van der Waals surface area (Å²) >= 11 is 1.72. The number of likely N-dealkylation sites (tertiary alicyclic amines) is 1. The van der Waals surface area contributed by atoms with Crippen molar-refractivity contribution in [3.05, 3.63) is 16.1 Å². The van der Waals surface area contributed by atoms with Crippen LogP contribution in [0.1, 0.15) is 43.5 Å². The summed E-state index contributed by atoms with van der Waals surface area (Å²) in [6.45, 7) is 12.6. The van der Waals surface area contributed by atoms with Gasteiger partial charge in [0.05, 0.1) is 6.54 Å². The van der Waals surface area contributed by atoms with Crippen LogP contribution in [-0.4, -0.2) is 47.6 Å². The Hall–Kier alpha value is -1.14. The summed E-state index contributed by atoms with van der Waals surface area (Å²) < 4.78 is 0. The SMILES string of the molecule is CCNC(=NCc1ncc(C)s1)NC1CCN(C(C)C)CC1. The number of hydrogen-bond acceptors (Lipinski definition) is 4. The third kappa shape index (κ3) is 5.25. The van der Waals surface area contributed by atoms with Gasteiger partial charge < -0.3 is 15.5 Å². The van der Waals surface area contributed by atoms with Gasteiger partial charge in [0.25, 0.3) is 0 Å². The number of rotatable bonds is 5. The second-order valence-electron chi connectivity index (χ2n) is 6.11. The number of nitrogens with zero attached hydrogens (tertiary/aromatic N) is 3. The van der Waals surface area contributed by atoms with E-state index in [4.69, 9.17) is 0 Å². The Morgan fingerprint density at radius 1 is 1.45 bits per heavy atom. The Kier molecular flexibility index (Phi) is 6.64. The van der Waals surface area contributed by atoms with E-state index in [0.717, 1.165) is 17.5 Å². The number of piperidine rings is 1. The quantitative estimate of drug-likeness (QED) is 0.645. The molecule has 0 aliphatic carbocycles. The predicted octanol–water partition coefficient (Wildman–Crippen LogP) is 2.38. The highest BCUT2D eigenvalue weighted by Crippen LogP contribution is 2.14. The lowest BCUT2D eigenvalue weighted by atomic mass is 10.0. The molecule has 6 heteroatoms. The Morgan fingerprint density at radius 3 is 2.73 bits per heavy atom. The van der Waals surface area contributed by atoms with Gasteiger partial charge in [0, 0.05) is 42.8 Å². The molecule has 2 rings (SSSR count). The van der Waals surface area contributed by atoms with Gasteiger partial charge in [-0.1, -0.05) is 0 Å². The Morgan fingerprint density at radius 2 is 2.18 bits per heavy atom. The van der Waals surface area contributed by atoms with Crippen LogP contribution >= 0.6 is 11.3 Å². The zero-order chi connectivity index (χ0) is 15.9. The number of aromatic nitrogens is 1. The first-order valence-corrected chi connectivity index (χ1v) is 9.10. The van der Waals surface area contributed by atoms with Crippen LogP contribution in [0.15, 0.2) is 11.2 Å². The van der Waals surface area contributed by atoms with Crippen LogP contribution in [0, 0.1) is 6.92 Å². The molecule has 0 amide bonds. The lowest BCUT2D eigenvalue weighted by Crippen LogP contribution is -2.49. The van der Waals surface area contributed by atoms with E-state index in [1.807, 2.05) is 6.20 Å². The minimum Gasteiger partial charge on any atom is -0.357 e. The average Bonchev–Trinajstić information content (AvgIpc) is 2.91. The highest BCUT2D eigenvalue weighted by Gasteiger charge is 2.21. The Balaban J connectivity index is 1.86. The second-order valence-corrected chi connectivity index (χ2v) is 7.43. The van der Waals surface area contributed by atoms with Gasteiger partial charge >= 0.3 is 0 Å². The fraction of sp³-hybridized carbons (Fsp3) is 0.750. The molecule has 1 saturated heterocycles. The summed E-state index contributed by atoms with van der Waals surface area (Å²) in [6, 6.07) is 1.17. The predicted molar refractivity (Wildman–Crippen MR) is 94.5 cm³/mol. The Bertz CT molecular complexity index is 475. The number of hydrogen-bond donors (Lipinski definition) is 2. The first-order valence-electron chi connectivity index (χ1n) is 8.28. The Labute approximate surface area is 138 Å². The monoisotopic (exact) mass is 323 g/mol. The van der Waals surface area contributed by atoms with E-state index >= 15 is 0 Å².